The van der Waals surface area contributed by atoms with E-state index < -0.39 is 0 Å². The van der Waals surface area contributed by atoms with Gasteiger partial charge in [-0.3, -0.25) is 9.59 Å². The van der Waals surface area contributed by atoms with E-state index in [1.54, 1.807) is 24.4 Å². The number of nitrogens with zero attached hydrogens (tertiary/aromatic N) is 3. The summed E-state index contributed by atoms with van der Waals surface area (Å²) in [6, 6.07) is -0.146. The van der Waals surface area contributed by atoms with Crippen LogP contribution in [0, 0.1) is 0 Å². The first-order chi connectivity index (χ1) is 11.6. The van der Waals surface area contributed by atoms with Crippen LogP contribution < -0.4 is 5.73 Å². The molecule has 1 aliphatic heterocycles. The number of nitrogens with two attached hydrogens (primary N) is 1. The molecule has 130 valence electrons. The van der Waals surface area contributed by atoms with Gasteiger partial charge in [0, 0.05) is 38.4 Å². The number of likely N-dealkylation sites (tertiary alicyclic amines) is 1. The number of rotatable bonds is 6. The van der Waals surface area contributed by atoms with Gasteiger partial charge in [-0.15, -0.1) is 0 Å². The maximum absolute atomic E-state index is 12.9. The second kappa shape index (κ2) is 7.25. The van der Waals surface area contributed by atoms with Crippen LogP contribution in [-0.4, -0.2) is 52.5 Å². The van der Waals surface area contributed by atoms with Gasteiger partial charge in [0.2, 0.25) is 5.91 Å². The highest BCUT2D eigenvalue weighted by Gasteiger charge is 2.35. The summed E-state index contributed by atoms with van der Waals surface area (Å²) in [6.07, 6.45) is 7.92. The highest BCUT2D eigenvalue weighted by Crippen LogP contribution is 2.37. The summed E-state index contributed by atoms with van der Waals surface area (Å²) in [6.45, 7) is 0.645. The van der Waals surface area contributed by atoms with Crippen molar-refractivity contribution < 1.29 is 14.3 Å². The monoisotopic (exact) mass is 332 g/mol. The van der Waals surface area contributed by atoms with Crippen molar-refractivity contribution in [1.29, 1.82) is 0 Å². The summed E-state index contributed by atoms with van der Waals surface area (Å²) in [4.78, 5) is 34.5. The lowest BCUT2D eigenvalue weighted by Gasteiger charge is -2.40. The molecule has 7 heteroatoms. The summed E-state index contributed by atoms with van der Waals surface area (Å²) in [5.74, 6) is 0.823. The molecule has 1 aromatic rings. The third-order valence-corrected chi connectivity index (χ3v) is 4.83. The van der Waals surface area contributed by atoms with Crippen molar-refractivity contribution in [2.75, 3.05) is 13.7 Å². The highest BCUT2D eigenvalue weighted by molar-refractivity contribution is 5.94. The first-order valence-corrected chi connectivity index (χ1v) is 8.54. The van der Waals surface area contributed by atoms with Crippen molar-refractivity contribution in [3.8, 4) is 0 Å². The molecule has 0 spiro atoms. The van der Waals surface area contributed by atoms with E-state index in [4.69, 9.17) is 10.5 Å². The van der Waals surface area contributed by atoms with Crippen LogP contribution in [0.3, 0.4) is 0 Å². The van der Waals surface area contributed by atoms with Gasteiger partial charge < -0.3 is 15.4 Å². The fourth-order valence-electron chi connectivity index (χ4n) is 3.35. The number of ether oxygens (including phenoxy) is 1. The highest BCUT2D eigenvalue weighted by atomic mass is 16.5. The number of carbonyl (C=O) groups excluding carboxylic acids is 2. The van der Waals surface area contributed by atoms with Crippen LogP contribution in [0.1, 0.15) is 60.6 Å². The minimum absolute atomic E-state index is 0.0753. The molecule has 2 amide bonds. The zero-order chi connectivity index (χ0) is 17.1. The van der Waals surface area contributed by atoms with Crippen molar-refractivity contribution >= 4 is 11.8 Å². The Morgan fingerprint density at radius 1 is 1.29 bits per heavy atom. The van der Waals surface area contributed by atoms with E-state index in [0.717, 1.165) is 31.5 Å². The molecule has 0 bridgehead atoms. The molecular formula is C17H24N4O3. The van der Waals surface area contributed by atoms with E-state index in [1.165, 1.54) is 0 Å². The maximum atomic E-state index is 12.9. The number of carbonyl (C=O) groups is 2. The number of hydrogen-bond acceptors (Lipinski definition) is 5. The van der Waals surface area contributed by atoms with Gasteiger partial charge in [-0.1, -0.05) is 0 Å². The number of hydrogen-bond donors (Lipinski definition) is 1. The minimum Gasteiger partial charge on any atom is -0.379 e. The average molecular weight is 332 g/mol. The molecule has 24 heavy (non-hydrogen) atoms. The first kappa shape index (κ1) is 16.8. The zero-order valence-corrected chi connectivity index (χ0v) is 14.0. The van der Waals surface area contributed by atoms with Crippen LogP contribution in [0.15, 0.2) is 12.4 Å². The van der Waals surface area contributed by atoms with Crippen molar-refractivity contribution in [3.05, 3.63) is 23.8 Å². The lowest BCUT2D eigenvalue weighted by atomic mass is 9.94. The summed E-state index contributed by atoms with van der Waals surface area (Å²) in [7, 11) is 1.64. The topological polar surface area (TPSA) is 98.4 Å². The molecular weight excluding hydrogens is 308 g/mol. The van der Waals surface area contributed by atoms with Gasteiger partial charge in [0.25, 0.3) is 5.91 Å². The van der Waals surface area contributed by atoms with Gasteiger partial charge >= 0.3 is 0 Å². The third kappa shape index (κ3) is 3.72. The fourth-order valence-corrected chi connectivity index (χ4v) is 3.35. The van der Waals surface area contributed by atoms with Crippen molar-refractivity contribution in [2.45, 2.75) is 56.6 Å². The van der Waals surface area contributed by atoms with E-state index >= 15 is 0 Å². The zero-order valence-electron chi connectivity index (χ0n) is 14.0. The molecule has 2 atom stereocenters. The Balaban J connectivity index is 1.74. The quantitative estimate of drug-likeness (QED) is 0.845. The lowest BCUT2D eigenvalue weighted by Crippen LogP contribution is -2.52. The van der Waals surface area contributed by atoms with Gasteiger partial charge in [-0.2, -0.15) is 0 Å². The van der Waals surface area contributed by atoms with Crippen LogP contribution in [0.4, 0.5) is 0 Å². The maximum Gasteiger partial charge on any atom is 0.257 e. The van der Waals surface area contributed by atoms with E-state index in [2.05, 4.69) is 9.97 Å². The number of aromatic nitrogens is 2. The minimum atomic E-state index is -0.361. The Morgan fingerprint density at radius 3 is 2.58 bits per heavy atom. The number of methoxy groups -OCH3 is 1. The molecule has 1 aromatic heterocycles. The van der Waals surface area contributed by atoms with Crippen molar-refractivity contribution in [2.24, 2.45) is 5.73 Å². The van der Waals surface area contributed by atoms with Gasteiger partial charge in [-0.05, 0) is 32.1 Å². The van der Waals surface area contributed by atoms with E-state index in [1.807, 2.05) is 0 Å². The standard InChI is InChI=1S/C17H24N4O3/c1-24-14-3-2-8-21(13(14)6-7-15(18)22)17(23)12-9-19-16(20-10-12)11-4-5-11/h9-11,13-14H,2-8H2,1H3,(H2,18,22)/t13-,14-/m0/s1. The van der Waals surface area contributed by atoms with Gasteiger partial charge in [0.15, 0.2) is 0 Å². The predicted octanol–water partition coefficient (Wildman–Crippen LogP) is 1.24. The van der Waals surface area contributed by atoms with Crippen LogP contribution in [0.25, 0.3) is 0 Å². The molecule has 1 saturated carbocycles. The first-order valence-electron chi connectivity index (χ1n) is 8.54. The lowest BCUT2D eigenvalue weighted by molar-refractivity contribution is -0.118. The second-order valence-corrected chi connectivity index (χ2v) is 6.59. The Morgan fingerprint density at radius 2 is 2.00 bits per heavy atom. The van der Waals surface area contributed by atoms with Gasteiger partial charge in [0.05, 0.1) is 17.7 Å². The molecule has 0 radical (unpaired) electrons. The summed E-state index contributed by atoms with van der Waals surface area (Å²) in [5, 5.41) is 0. The molecule has 2 heterocycles. The SMILES string of the molecule is CO[C@H]1CCCN(C(=O)c2cnc(C3CC3)nc2)[C@H]1CCC(N)=O. The summed E-state index contributed by atoms with van der Waals surface area (Å²) >= 11 is 0. The Labute approximate surface area is 141 Å². The summed E-state index contributed by atoms with van der Waals surface area (Å²) < 4.78 is 5.53. The van der Waals surface area contributed by atoms with Crippen LogP contribution in [-0.2, 0) is 9.53 Å². The molecule has 2 aliphatic rings. The van der Waals surface area contributed by atoms with Crippen LogP contribution in [0.5, 0.6) is 0 Å². The number of piperidine rings is 1. The molecule has 0 aromatic carbocycles. The number of amides is 2. The van der Waals surface area contributed by atoms with Crippen molar-refractivity contribution in [3.63, 3.8) is 0 Å². The normalized spacial score (nSPS) is 24.0. The van der Waals surface area contributed by atoms with Crippen molar-refractivity contribution in [1.82, 2.24) is 14.9 Å². The van der Waals surface area contributed by atoms with Crippen LogP contribution in [0.2, 0.25) is 0 Å². The molecule has 2 fully saturated rings. The van der Waals surface area contributed by atoms with E-state index in [0.29, 0.717) is 24.4 Å². The Kier molecular flexibility index (Phi) is 5.08. The summed E-state index contributed by atoms with van der Waals surface area (Å²) in [5.41, 5.74) is 5.76. The molecule has 1 aliphatic carbocycles. The largest absolute Gasteiger partial charge is 0.379 e. The molecule has 0 unspecified atom stereocenters. The molecule has 1 saturated heterocycles. The third-order valence-electron chi connectivity index (χ3n) is 4.83. The molecule has 7 nitrogen and oxygen atoms in total. The molecule has 2 N–H and O–H groups in total. The van der Waals surface area contributed by atoms with E-state index in [9.17, 15) is 9.59 Å². The average Bonchev–Trinajstić information content (AvgIpc) is 3.44. The van der Waals surface area contributed by atoms with Gasteiger partial charge in [-0.25, -0.2) is 9.97 Å². The van der Waals surface area contributed by atoms with Crippen LogP contribution >= 0.6 is 0 Å². The second-order valence-electron chi connectivity index (χ2n) is 6.59. The van der Waals surface area contributed by atoms with E-state index in [-0.39, 0.29) is 30.4 Å². The fraction of sp³-hybridized carbons (Fsp3) is 0.647. The Bertz CT molecular complexity index is 600. The van der Waals surface area contributed by atoms with Gasteiger partial charge in [0.1, 0.15) is 5.82 Å². The predicted molar refractivity (Wildman–Crippen MR) is 87.3 cm³/mol. The smallest absolute Gasteiger partial charge is 0.257 e. The molecule has 3 rings (SSSR count). The number of primary amides is 1. The Hall–Kier alpha value is -2.02.